The van der Waals surface area contributed by atoms with Crippen LogP contribution in [-0.2, 0) is 22.6 Å². The lowest BCUT2D eigenvalue weighted by Crippen LogP contribution is -2.43. The molecule has 1 atom stereocenters. The molecule has 0 unspecified atom stereocenters. The van der Waals surface area contributed by atoms with E-state index < -0.39 is 17.9 Å². The predicted molar refractivity (Wildman–Crippen MR) is 121 cm³/mol. The number of hydrogen-bond acceptors (Lipinski definition) is 3. The number of ether oxygens (including phenoxy) is 1. The molecule has 5 nitrogen and oxygen atoms in total. The maximum atomic E-state index is 13.0. The molecule has 0 bridgehead atoms. The summed E-state index contributed by atoms with van der Waals surface area (Å²) in [5.41, 5.74) is 3.06. The number of benzene rings is 3. The van der Waals surface area contributed by atoms with E-state index in [-0.39, 0.29) is 13.0 Å². The summed E-state index contributed by atoms with van der Waals surface area (Å²) in [7, 11) is 0. The van der Waals surface area contributed by atoms with Crippen LogP contribution in [0, 0.1) is 0 Å². The Kier molecular flexibility index (Phi) is 6.34. The molecule has 2 N–H and O–H groups in total. The second-order valence-corrected chi connectivity index (χ2v) is 7.57. The Labute approximate surface area is 185 Å². The second-order valence-electron chi connectivity index (χ2n) is 7.16. The molecular formula is C25H21ClN2O3. The molecule has 0 fully saturated rings. The van der Waals surface area contributed by atoms with Crippen molar-refractivity contribution in [2.45, 2.75) is 19.1 Å². The summed E-state index contributed by atoms with van der Waals surface area (Å²) in [5.74, 6) is -0.929. The van der Waals surface area contributed by atoms with E-state index in [1.807, 2.05) is 60.8 Å². The summed E-state index contributed by atoms with van der Waals surface area (Å²) in [4.78, 5) is 29.0. The molecule has 3 aromatic carbocycles. The van der Waals surface area contributed by atoms with Gasteiger partial charge in [-0.15, -0.1) is 0 Å². The third-order valence-corrected chi connectivity index (χ3v) is 5.36. The molecular weight excluding hydrogens is 412 g/mol. The first-order valence-electron chi connectivity index (χ1n) is 9.93. The van der Waals surface area contributed by atoms with Crippen LogP contribution in [0.3, 0.4) is 0 Å². The Morgan fingerprint density at radius 1 is 0.935 bits per heavy atom. The predicted octanol–water partition coefficient (Wildman–Crippen LogP) is 4.91. The van der Waals surface area contributed by atoms with Gasteiger partial charge in [0.2, 0.25) is 0 Å². The highest BCUT2D eigenvalue weighted by atomic mass is 35.5. The SMILES string of the molecule is O=C(N[C@@H](Cc1c[nH]c2ccccc12)C(=O)OCc1ccccc1)c1ccccc1Cl. The third-order valence-electron chi connectivity index (χ3n) is 5.03. The summed E-state index contributed by atoms with van der Waals surface area (Å²) < 4.78 is 5.52. The molecule has 0 aliphatic carbocycles. The number of amides is 1. The first kappa shape index (κ1) is 20.7. The van der Waals surface area contributed by atoms with Crippen LogP contribution >= 0.6 is 11.6 Å². The fraction of sp³-hybridized carbons (Fsp3) is 0.120. The Morgan fingerprint density at radius 2 is 1.65 bits per heavy atom. The lowest BCUT2D eigenvalue weighted by atomic mass is 10.0. The second kappa shape index (κ2) is 9.49. The van der Waals surface area contributed by atoms with Crippen molar-refractivity contribution in [3.05, 3.63) is 107 Å². The van der Waals surface area contributed by atoms with Crippen molar-refractivity contribution in [2.24, 2.45) is 0 Å². The van der Waals surface area contributed by atoms with E-state index in [0.29, 0.717) is 10.6 Å². The number of aromatic amines is 1. The van der Waals surface area contributed by atoms with Crippen LogP contribution in [0.25, 0.3) is 10.9 Å². The highest BCUT2D eigenvalue weighted by molar-refractivity contribution is 6.33. The summed E-state index contributed by atoms with van der Waals surface area (Å²) in [5, 5.41) is 4.12. The minimum Gasteiger partial charge on any atom is -0.459 e. The standard InChI is InChI=1S/C25H21ClN2O3/c26-21-12-6-4-11-20(21)24(29)28-23(25(30)31-16-17-8-2-1-3-9-17)14-18-15-27-22-13-7-5-10-19(18)22/h1-13,15,23,27H,14,16H2,(H,28,29)/t23-/m0/s1. The Hall–Kier alpha value is -3.57. The van der Waals surface area contributed by atoms with E-state index in [0.717, 1.165) is 22.0 Å². The minimum atomic E-state index is -0.869. The zero-order valence-electron chi connectivity index (χ0n) is 16.7. The van der Waals surface area contributed by atoms with Gasteiger partial charge < -0.3 is 15.0 Å². The summed E-state index contributed by atoms with van der Waals surface area (Å²) >= 11 is 6.16. The van der Waals surface area contributed by atoms with Crippen LogP contribution < -0.4 is 5.32 Å². The van der Waals surface area contributed by atoms with Gasteiger partial charge in [-0.05, 0) is 29.3 Å². The molecule has 0 aliphatic heterocycles. The normalized spacial score (nSPS) is 11.8. The van der Waals surface area contributed by atoms with Gasteiger partial charge in [-0.2, -0.15) is 0 Å². The zero-order valence-corrected chi connectivity index (χ0v) is 17.4. The van der Waals surface area contributed by atoms with Gasteiger partial charge in [0.05, 0.1) is 10.6 Å². The van der Waals surface area contributed by atoms with Crippen molar-refractivity contribution < 1.29 is 14.3 Å². The smallest absolute Gasteiger partial charge is 0.329 e. The lowest BCUT2D eigenvalue weighted by Gasteiger charge is -2.18. The number of H-pyrrole nitrogens is 1. The lowest BCUT2D eigenvalue weighted by molar-refractivity contribution is -0.147. The molecule has 31 heavy (non-hydrogen) atoms. The van der Waals surface area contributed by atoms with Crippen LogP contribution in [0.15, 0.2) is 85.1 Å². The Bertz CT molecular complexity index is 1200. The number of halogens is 1. The Balaban J connectivity index is 1.55. The number of carbonyl (C=O) groups is 2. The van der Waals surface area contributed by atoms with Gasteiger partial charge in [0.15, 0.2) is 0 Å². The molecule has 0 spiro atoms. The van der Waals surface area contributed by atoms with Crippen LogP contribution in [0.5, 0.6) is 0 Å². The van der Waals surface area contributed by atoms with E-state index >= 15 is 0 Å². The van der Waals surface area contributed by atoms with E-state index in [1.165, 1.54) is 0 Å². The van der Waals surface area contributed by atoms with Gasteiger partial charge in [0, 0.05) is 23.5 Å². The molecule has 156 valence electrons. The first-order chi connectivity index (χ1) is 15.1. The highest BCUT2D eigenvalue weighted by Crippen LogP contribution is 2.20. The third kappa shape index (κ3) is 4.95. The molecule has 4 rings (SSSR count). The van der Waals surface area contributed by atoms with E-state index in [2.05, 4.69) is 10.3 Å². The first-order valence-corrected chi connectivity index (χ1v) is 10.3. The summed E-state index contributed by atoms with van der Waals surface area (Å²) in [6.45, 7) is 0.131. The fourth-order valence-electron chi connectivity index (χ4n) is 3.42. The van der Waals surface area contributed by atoms with Gasteiger partial charge in [0.25, 0.3) is 5.91 Å². The quantitative estimate of drug-likeness (QED) is 0.408. The average molecular weight is 433 g/mol. The van der Waals surface area contributed by atoms with Crippen molar-refractivity contribution in [3.8, 4) is 0 Å². The number of nitrogens with one attached hydrogen (secondary N) is 2. The number of carbonyl (C=O) groups excluding carboxylic acids is 2. The van der Waals surface area contributed by atoms with Gasteiger partial charge in [-0.3, -0.25) is 4.79 Å². The molecule has 0 saturated carbocycles. The molecule has 1 heterocycles. The van der Waals surface area contributed by atoms with Gasteiger partial charge in [-0.1, -0.05) is 72.3 Å². The molecule has 1 aromatic heterocycles. The van der Waals surface area contributed by atoms with Crippen LogP contribution in [0.4, 0.5) is 0 Å². The van der Waals surface area contributed by atoms with Crippen LogP contribution in [-0.4, -0.2) is 22.9 Å². The van der Waals surface area contributed by atoms with Crippen molar-refractivity contribution in [1.82, 2.24) is 10.3 Å². The number of aromatic nitrogens is 1. The molecule has 0 saturated heterocycles. The number of esters is 1. The van der Waals surface area contributed by atoms with E-state index in [1.54, 1.807) is 24.3 Å². The van der Waals surface area contributed by atoms with Crippen LogP contribution in [0.2, 0.25) is 5.02 Å². The van der Waals surface area contributed by atoms with Gasteiger partial charge in [0.1, 0.15) is 12.6 Å². The van der Waals surface area contributed by atoms with Crippen molar-refractivity contribution in [1.29, 1.82) is 0 Å². The van der Waals surface area contributed by atoms with Crippen LogP contribution in [0.1, 0.15) is 21.5 Å². The average Bonchev–Trinajstić information content (AvgIpc) is 3.21. The molecule has 4 aromatic rings. The molecule has 6 heteroatoms. The maximum Gasteiger partial charge on any atom is 0.329 e. The molecule has 0 aliphatic rings. The largest absolute Gasteiger partial charge is 0.459 e. The van der Waals surface area contributed by atoms with Gasteiger partial charge >= 0.3 is 5.97 Å². The number of para-hydroxylation sites is 1. The molecule has 1 amide bonds. The number of fused-ring (bicyclic) bond motifs is 1. The van der Waals surface area contributed by atoms with E-state index in [9.17, 15) is 9.59 Å². The highest BCUT2D eigenvalue weighted by Gasteiger charge is 2.25. The van der Waals surface area contributed by atoms with E-state index in [4.69, 9.17) is 16.3 Å². The van der Waals surface area contributed by atoms with Crippen molar-refractivity contribution in [3.63, 3.8) is 0 Å². The van der Waals surface area contributed by atoms with Crippen molar-refractivity contribution >= 4 is 34.4 Å². The molecule has 0 radical (unpaired) electrons. The summed E-state index contributed by atoms with van der Waals surface area (Å²) in [6.07, 6.45) is 2.14. The minimum absolute atomic E-state index is 0.131. The summed E-state index contributed by atoms with van der Waals surface area (Å²) in [6, 6.07) is 23.1. The van der Waals surface area contributed by atoms with Crippen molar-refractivity contribution in [2.75, 3.05) is 0 Å². The van der Waals surface area contributed by atoms with Gasteiger partial charge in [-0.25, -0.2) is 4.79 Å². The Morgan fingerprint density at radius 3 is 2.45 bits per heavy atom. The monoisotopic (exact) mass is 432 g/mol. The zero-order chi connectivity index (χ0) is 21.6. The number of rotatable bonds is 7. The topological polar surface area (TPSA) is 71.2 Å². The number of hydrogen-bond donors (Lipinski definition) is 2. The maximum absolute atomic E-state index is 13.0. The fourth-order valence-corrected chi connectivity index (χ4v) is 3.65.